The zero-order chi connectivity index (χ0) is 19.1. The van der Waals surface area contributed by atoms with Crippen LogP contribution in [-0.4, -0.2) is 24.0 Å². The van der Waals surface area contributed by atoms with Crippen LogP contribution < -0.4 is 16.0 Å². The van der Waals surface area contributed by atoms with E-state index in [0.29, 0.717) is 0 Å². The quantitative estimate of drug-likeness (QED) is 0.643. The number of aromatic nitrogens is 1. The highest BCUT2D eigenvalue weighted by atomic mass is 16.1. The number of amides is 1. The van der Waals surface area contributed by atoms with Crippen LogP contribution in [0.1, 0.15) is 37.5 Å². The minimum atomic E-state index is -0.176. The Hall–Kier alpha value is -2.82. The number of hydrogen-bond donors (Lipinski definition) is 3. The number of nitrogens with one attached hydrogen (secondary N) is 3. The van der Waals surface area contributed by atoms with Gasteiger partial charge < -0.3 is 16.0 Å². The van der Waals surface area contributed by atoms with Crippen LogP contribution in [0, 0.1) is 6.92 Å². The normalized spacial score (nSPS) is 11.0. The van der Waals surface area contributed by atoms with Crippen molar-refractivity contribution >= 4 is 29.2 Å². The Morgan fingerprint density at radius 1 is 1.27 bits per heavy atom. The topological polar surface area (TPSA) is 66.0 Å². The number of aryl methyl sites for hydroxylation is 2. The summed E-state index contributed by atoms with van der Waals surface area (Å²) in [5.41, 5.74) is 5.01. The van der Waals surface area contributed by atoms with Gasteiger partial charge in [-0.15, -0.1) is 0 Å². The van der Waals surface area contributed by atoms with Crippen LogP contribution in [0.15, 0.2) is 36.5 Å². The van der Waals surface area contributed by atoms with Gasteiger partial charge in [0.15, 0.2) is 0 Å². The Morgan fingerprint density at radius 2 is 2.04 bits per heavy atom. The summed E-state index contributed by atoms with van der Waals surface area (Å²) in [7, 11) is 1.86. The van der Waals surface area contributed by atoms with Gasteiger partial charge in [0.25, 0.3) is 0 Å². The molecule has 5 heteroatoms. The molecule has 26 heavy (non-hydrogen) atoms. The number of rotatable bonds is 7. The van der Waals surface area contributed by atoms with Crippen molar-refractivity contribution in [3.8, 4) is 0 Å². The van der Waals surface area contributed by atoms with Gasteiger partial charge in [0.2, 0.25) is 5.91 Å². The third-order valence-corrected chi connectivity index (χ3v) is 4.06. The molecule has 5 nitrogen and oxygen atoms in total. The highest BCUT2D eigenvalue weighted by molar-refractivity contribution is 6.04. The number of hydrogen-bond acceptors (Lipinski definition) is 4. The molecule has 0 saturated carbocycles. The maximum absolute atomic E-state index is 12.4. The van der Waals surface area contributed by atoms with Crippen LogP contribution in [0.25, 0.3) is 6.08 Å². The summed E-state index contributed by atoms with van der Waals surface area (Å²) < 4.78 is 0. The first-order valence-electron chi connectivity index (χ1n) is 8.96. The zero-order valence-electron chi connectivity index (χ0n) is 16.2. The molecule has 1 aromatic carbocycles. The first-order valence-corrected chi connectivity index (χ1v) is 8.96. The number of carbonyl (C=O) groups excluding carboxylic acids is 1. The van der Waals surface area contributed by atoms with Crippen molar-refractivity contribution in [2.75, 3.05) is 23.0 Å². The lowest BCUT2D eigenvalue weighted by Crippen LogP contribution is -2.12. The van der Waals surface area contributed by atoms with Crippen LogP contribution in [0.2, 0.25) is 0 Å². The van der Waals surface area contributed by atoms with Gasteiger partial charge in [-0.25, -0.2) is 4.98 Å². The van der Waals surface area contributed by atoms with Gasteiger partial charge >= 0.3 is 0 Å². The van der Waals surface area contributed by atoms with Gasteiger partial charge in [-0.1, -0.05) is 6.92 Å². The number of nitrogens with zero attached hydrogens (tertiary/aromatic N) is 1. The largest absolute Gasteiger partial charge is 0.386 e. The molecule has 0 bridgehead atoms. The fourth-order valence-corrected chi connectivity index (χ4v) is 2.73. The number of benzene rings is 1. The Labute approximate surface area is 155 Å². The smallest absolute Gasteiger partial charge is 0.248 e. The van der Waals surface area contributed by atoms with Crippen molar-refractivity contribution in [3.63, 3.8) is 0 Å². The molecule has 2 aromatic rings. The van der Waals surface area contributed by atoms with E-state index in [0.717, 1.165) is 29.2 Å². The summed E-state index contributed by atoms with van der Waals surface area (Å²) in [5.74, 6) is 0.593. The SMILES string of the molecule is CCc1cc(NC)c(NC(=O)/C=C/c2cccnc2NC(C)C)cc1C. The van der Waals surface area contributed by atoms with Crippen molar-refractivity contribution in [3.05, 3.63) is 53.2 Å². The molecule has 1 heterocycles. The predicted molar refractivity (Wildman–Crippen MR) is 111 cm³/mol. The van der Waals surface area contributed by atoms with Crippen molar-refractivity contribution in [1.29, 1.82) is 0 Å². The van der Waals surface area contributed by atoms with Crippen LogP contribution in [-0.2, 0) is 11.2 Å². The molecule has 138 valence electrons. The summed E-state index contributed by atoms with van der Waals surface area (Å²) in [6, 6.07) is 8.15. The van der Waals surface area contributed by atoms with Crippen LogP contribution in [0.3, 0.4) is 0 Å². The van der Waals surface area contributed by atoms with Gasteiger partial charge in [0.1, 0.15) is 5.82 Å². The fourth-order valence-electron chi connectivity index (χ4n) is 2.73. The van der Waals surface area contributed by atoms with E-state index in [1.165, 1.54) is 17.2 Å². The van der Waals surface area contributed by atoms with Gasteiger partial charge in [-0.05, 0) is 68.7 Å². The summed E-state index contributed by atoms with van der Waals surface area (Å²) in [4.78, 5) is 16.7. The predicted octanol–water partition coefficient (Wildman–Crippen LogP) is 4.47. The highest BCUT2D eigenvalue weighted by Crippen LogP contribution is 2.26. The lowest BCUT2D eigenvalue weighted by Gasteiger charge is -2.14. The Balaban J connectivity index is 2.17. The summed E-state index contributed by atoms with van der Waals surface area (Å²) in [5, 5.41) is 9.38. The molecule has 0 atom stereocenters. The van der Waals surface area contributed by atoms with E-state index in [-0.39, 0.29) is 11.9 Å². The van der Waals surface area contributed by atoms with Crippen molar-refractivity contribution in [2.24, 2.45) is 0 Å². The summed E-state index contributed by atoms with van der Waals surface area (Å²) in [6.07, 6.45) is 6.01. The Bertz CT molecular complexity index is 797. The molecular weight excluding hydrogens is 324 g/mol. The number of carbonyl (C=O) groups is 1. The van der Waals surface area contributed by atoms with E-state index >= 15 is 0 Å². The van der Waals surface area contributed by atoms with Gasteiger partial charge in [0, 0.05) is 30.9 Å². The second kappa shape index (κ2) is 9.04. The first kappa shape index (κ1) is 19.5. The minimum absolute atomic E-state index is 0.176. The Morgan fingerprint density at radius 3 is 2.69 bits per heavy atom. The van der Waals surface area contributed by atoms with Gasteiger partial charge in [-0.2, -0.15) is 0 Å². The molecule has 0 fully saturated rings. The molecule has 0 aliphatic rings. The third kappa shape index (κ3) is 5.09. The minimum Gasteiger partial charge on any atom is -0.386 e. The standard InChI is InChI=1S/C21H28N4O/c1-6-16-13-18(22-5)19(12-15(16)4)25-20(26)10-9-17-8-7-11-23-21(17)24-14(2)3/h7-14,22H,6H2,1-5H3,(H,23,24)(H,25,26)/b10-9+. The second-order valence-electron chi connectivity index (χ2n) is 6.49. The summed E-state index contributed by atoms with van der Waals surface area (Å²) >= 11 is 0. The van der Waals surface area contributed by atoms with E-state index < -0.39 is 0 Å². The molecule has 1 aromatic heterocycles. The molecule has 3 N–H and O–H groups in total. The lowest BCUT2D eigenvalue weighted by atomic mass is 10.0. The summed E-state index contributed by atoms with van der Waals surface area (Å²) in [6.45, 7) is 8.29. The van der Waals surface area contributed by atoms with E-state index in [2.05, 4.69) is 54.7 Å². The van der Waals surface area contributed by atoms with Crippen molar-refractivity contribution < 1.29 is 4.79 Å². The lowest BCUT2D eigenvalue weighted by molar-refractivity contribution is -0.111. The van der Waals surface area contributed by atoms with E-state index in [1.807, 2.05) is 25.2 Å². The molecular formula is C21H28N4O. The fraction of sp³-hybridized carbons (Fsp3) is 0.333. The van der Waals surface area contributed by atoms with E-state index in [4.69, 9.17) is 0 Å². The average Bonchev–Trinajstić information content (AvgIpc) is 2.61. The highest BCUT2D eigenvalue weighted by Gasteiger charge is 2.08. The van der Waals surface area contributed by atoms with E-state index in [1.54, 1.807) is 12.3 Å². The van der Waals surface area contributed by atoms with E-state index in [9.17, 15) is 4.79 Å². The van der Waals surface area contributed by atoms with Crippen molar-refractivity contribution in [1.82, 2.24) is 4.98 Å². The zero-order valence-corrected chi connectivity index (χ0v) is 16.2. The number of anilines is 3. The molecule has 0 spiro atoms. The Kier molecular flexibility index (Phi) is 6.78. The maximum Gasteiger partial charge on any atom is 0.248 e. The molecule has 2 rings (SSSR count). The molecule has 0 saturated heterocycles. The van der Waals surface area contributed by atoms with Crippen LogP contribution in [0.4, 0.5) is 17.2 Å². The first-order chi connectivity index (χ1) is 12.4. The maximum atomic E-state index is 12.4. The average molecular weight is 352 g/mol. The molecule has 0 unspecified atom stereocenters. The second-order valence-corrected chi connectivity index (χ2v) is 6.49. The van der Waals surface area contributed by atoms with Crippen molar-refractivity contribution in [2.45, 2.75) is 40.2 Å². The molecule has 0 aliphatic carbocycles. The van der Waals surface area contributed by atoms with Crippen LogP contribution >= 0.6 is 0 Å². The van der Waals surface area contributed by atoms with Crippen LogP contribution in [0.5, 0.6) is 0 Å². The monoisotopic (exact) mass is 352 g/mol. The number of pyridine rings is 1. The molecule has 1 amide bonds. The molecule has 0 radical (unpaired) electrons. The van der Waals surface area contributed by atoms with Gasteiger partial charge in [-0.3, -0.25) is 4.79 Å². The van der Waals surface area contributed by atoms with Gasteiger partial charge in [0.05, 0.1) is 11.4 Å². The third-order valence-electron chi connectivity index (χ3n) is 4.06. The molecule has 0 aliphatic heterocycles.